The van der Waals surface area contributed by atoms with Gasteiger partial charge in [0, 0.05) is 19.0 Å². The number of carbonyl (C=O) groups is 2. The van der Waals surface area contributed by atoms with Gasteiger partial charge in [-0.25, -0.2) is 0 Å². The van der Waals surface area contributed by atoms with Crippen LogP contribution in [0.1, 0.15) is 36.0 Å². The van der Waals surface area contributed by atoms with E-state index in [1.807, 2.05) is 18.2 Å². The Morgan fingerprint density at radius 3 is 2.58 bits per heavy atom. The summed E-state index contributed by atoms with van der Waals surface area (Å²) in [6.45, 7) is 2.36. The summed E-state index contributed by atoms with van der Waals surface area (Å²) in [4.78, 5) is 27.3. The number of hydrogen-bond acceptors (Lipinski definition) is 3. The lowest BCUT2D eigenvalue weighted by molar-refractivity contribution is -0.121. The van der Waals surface area contributed by atoms with Gasteiger partial charge in [0.15, 0.2) is 0 Å². The molecule has 1 saturated heterocycles. The van der Waals surface area contributed by atoms with Crippen LogP contribution in [0.25, 0.3) is 0 Å². The van der Waals surface area contributed by atoms with Gasteiger partial charge in [-0.3, -0.25) is 9.59 Å². The first-order chi connectivity index (χ1) is 11.7. The van der Waals surface area contributed by atoms with E-state index in [0.29, 0.717) is 43.5 Å². The third-order valence-electron chi connectivity index (χ3n) is 5.79. The van der Waals surface area contributed by atoms with Crippen LogP contribution in [0.2, 0.25) is 0 Å². The summed E-state index contributed by atoms with van der Waals surface area (Å²) in [7, 11) is 0. The lowest BCUT2D eigenvalue weighted by Crippen LogP contribution is -2.41. The summed E-state index contributed by atoms with van der Waals surface area (Å²) in [5.41, 5.74) is 1.22. The summed E-state index contributed by atoms with van der Waals surface area (Å²) in [6, 6.07) is 7.35. The molecule has 1 aromatic rings. The minimum atomic E-state index is -0.0258. The molecular weight excluding hydrogens is 304 g/mol. The Bertz CT molecular complexity index is 639. The maximum Gasteiger partial charge on any atom is 0.256 e. The van der Waals surface area contributed by atoms with Crippen LogP contribution in [0.4, 0.5) is 5.69 Å². The molecule has 0 spiro atoms. The molecule has 2 bridgehead atoms. The first-order valence-electron chi connectivity index (χ1n) is 8.99. The van der Waals surface area contributed by atoms with Crippen molar-refractivity contribution in [3.63, 3.8) is 0 Å². The van der Waals surface area contributed by atoms with Crippen LogP contribution in [0.5, 0.6) is 0 Å². The molecule has 1 heterocycles. The molecule has 1 aromatic carbocycles. The molecule has 24 heavy (non-hydrogen) atoms. The fraction of sp³-hybridized carbons (Fsp3) is 0.579. The van der Waals surface area contributed by atoms with Crippen LogP contribution in [0.15, 0.2) is 24.3 Å². The van der Waals surface area contributed by atoms with E-state index in [0.717, 1.165) is 12.3 Å². The van der Waals surface area contributed by atoms with Crippen molar-refractivity contribution < 1.29 is 14.3 Å². The van der Waals surface area contributed by atoms with Gasteiger partial charge >= 0.3 is 0 Å². The lowest BCUT2D eigenvalue weighted by atomic mass is 9.88. The monoisotopic (exact) mass is 328 g/mol. The maximum absolute atomic E-state index is 12.8. The smallest absolute Gasteiger partial charge is 0.256 e. The van der Waals surface area contributed by atoms with E-state index in [2.05, 4.69) is 5.32 Å². The van der Waals surface area contributed by atoms with Crippen molar-refractivity contribution in [3.05, 3.63) is 29.8 Å². The Kier molecular flexibility index (Phi) is 4.27. The number of hydrogen-bond donors (Lipinski definition) is 1. The molecule has 1 N–H and O–H groups in total. The second-order valence-electron chi connectivity index (χ2n) is 7.22. The molecule has 3 fully saturated rings. The first-order valence-corrected chi connectivity index (χ1v) is 8.99. The molecule has 3 aliphatic rings. The maximum atomic E-state index is 12.8. The minimum absolute atomic E-state index is 0.0258. The Labute approximate surface area is 142 Å². The van der Waals surface area contributed by atoms with Gasteiger partial charge in [-0.05, 0) is 43.2 Å². The molecule has 2 aliphatic carbocycles. The van der Waals surface area contributed by atoms with Crippen molar-refractivity contribution in [2.24, 2.45) is 17.8 Å². The van der Waals surface area contributed by atoms with Crippen LogP contribution in [0.3, 0.4) is 0 Å². The SMILES string of the molecule is O=C(Nc1ccccc1C(=O)N1CCOCC1)[C@H]1C[C@H]2CC[C@H]1C2. The van der Waals surface area contributed by atoms with Gasteiger partial charge in [-0.1, -0.05) is 18.6 Å². The predicted octanol–water partition coefficient (Wildman–Crippen LogP) is 2.53. The van der Waals surface area contributed by atoms with E-state index in [1.165, 1.54) is 19.3 Å². The number of anilines is 1. The second kappa shape index (κ2) is 6.55. The van der Waals surface area contributed by atoms with Crippen molar-refractivity contribution in [2.45, 2.75) is 25.7 Å². The molecule has 4 rings (SSSR count). The number of morpholine rings is 1. The van der Waals surface area contributed by atoms with E-state index >= 15 is 0 Å². The number of para-hydroxylation sites is 1. The van der Waals surface area contributed by atoms with Crippen LogP contribution in [-0.2, 0) is 9.53 Å². The average Bonchev–Trinajstić information content (AvgIpc) is 3.26. The zero-order chi connectivity index (χ0) is 16.5. The van der Waals surface area contributed by atoms with Crippen molar-refractivity contribution in [1.82, 2.24) is 4.90 Å². The largest absolute Gasteiger partial charge is 0.378 e. The van der Waals surface area contributed by atoms with Crippen LogP contribution < -0.4 is 5.32 Å². The molecule has 2 saturated carbocycles. The fourth-order valence-electron chi connectivity index (χ4n) is 4.51. The Balaban J connectivity index is 1.49. The number of nitrogens with zero attached hydrogens (tertiary/aromatic N) is 1. The molecule has 2 amide bonds. The number of fused-ring (bicyclic) bond motifs is 2. The predicted molar refractivity (Wildman–Crippen MR) is 90.7 cm³/mol. The summed E-state index contributed by atoms with van der Waals surface area (Å²) in [6.07, 6.45) is 4.67. The summed E-state index contributed by atoms with van der Waals surface area (Å²) in [5, 5.41) is 3.04. The average molecular weight is 328 g/mol. The lowest BCUT2D eigenvalue weighted by Gasteiger charge is -2.28. The molecule has 3 atom stereocenters. The molecule has 0 unspecified atom stereocenters. The van der Waals surface area contributed by atoms with Crippen LogP contribution >= 0.6 is 0 Å². The van der Waals surface area contributed by atoms with Crippen molar-refractivity contribution in [2.75, 3.05) is 31.6 Å². The molecule has 0 aromatic heterocycles. The zero-order valence-corrected chi connectivity index (χ0v) is 13.9. The van der Waals surface area contributed by atoms with Gasteiger partial charge in [0.25, 0.3) is 5.91 Å². The zero-order valence-electron chi connectivity index (χ0n) is 13.9. The standard InChI is InChI=1S/C19H24N2O3/c22-18(16-12-13-5-6-14(16)11-13)20-17-4-2-1-3-15(17)19(23)21-7-9-24-10-8-21/h1-4,13-14,16H,5-12H2,(H,20,22)/t13-,14-,16-/m0/s1. The highest BCUT2D eigenvalue weighted by molar-refractivity contribution is 6.04. The van der Waals surface area contributed by atoms with Crippen molar-refractivity contribution in [3.8, 4) is 0 Å². The van der Waals surface area contributed by atoms with E-state index < -0.39 is 0 Å². The van der Waals surface area contributed by atoms with E-state index in [1.54, 1.807) is 11.0 Å². The van der Waals surface area contributed by atoms with Gasteiger partial charge < -0.3 is 15.0 Å². The number of carbonyl (C=O) groups excluding carboxylic acids is 2. The van der Waals surface area contributed by atoms with Gasteiger partial charge in [-0.15, -0.1) is 0 Å². The van der Waals surface area contributed by atoms with Crippen LogP contribution in [0, 0.1) is 17.8 Å². The van der Waals surface area contributed by atoms with Gasteiger partial charge in [-0.2, -0.15) is 0 Å². The molecule has 5 heteroatoms. The summed E-state index contributed by atoms with van der Waals surface area (Å²) in [5.74, 6) is 1.45. The second-order valence-corrected chi connectivity index (χ2v) is 7.22. The number of ether oxygens (including phenoxy) is 1. The number of rotatable bonds is 3. The number of nitrogens with one attached hydrogen (secondary N) is 1. The topological polar surface area (TPSA) is 58.6 Å². The summed E-state index contributed by atoms with van der Waals surface area (Å²) >= 11 is 0. The highest BCUT2D eigenvalue weighted by atomic mass is 16.5. The van der Waals surface area contributed by atoms with Gasteiger partial charge in [0.2, 0.25) is 5.91 Å². The Hall–Kier alpha value is -1.88. The van der Waals surface area contributed by atoms with E-state index in [-0.39, 0.29) is 17.7 Å². The Morgan fingerprint density at radius 1 is 1.08 bits per heavy atom. The highest BCUT2D eigenvalue weighted by Gasteiger charge is 2.43. The molecular formula is C19H24N2O3. The number of amides is 2. The van der Waals surface area contributed by atoms with E-state index in [4.69, 9.17) is 4.74 Å². The third kappa shape index (κ3) is 2.93. The first kappa shape index (κ1) is 15.6. The molecule has 0 radical (unpaired) electrons. The highest BCUT2D eigenvalue weighted by Crippen LogP contribution is 2.48. The molecule has 5 nitrogen and oxygen atoms in total. The summed E-state index contributed by atoms with van der Waals surface area (Å²) < 4.78 is 5.31. The van der Waals surface area contributed by atoms with Crippen molar-refractivity contribution in [1.29, 1.82) is 0 Å². The van der Waals surface area contributed by atoms with Crippen LogP contribution in [-0.4, -0.2) is 43.0 Å². The molecule has 1 aliphatic heterocycles. The third-order valence-corrected chi connectivity index (χ3v) is 5.79. The normalized spacial score (nSPS) is 28.8. The van der Waals surface area contributed by atoms with Gasteiger partial charge in [0.1, 0.15) is 0 Å². The molecule has 128 valence electrons. The van der Waals surface area contributed by atoms with E-state index in [9.17, 15) is 9.59 Å². The Morgan fingerprint density at radius 2 is 1.88 bits per heavy atom. The quantitative estimate of drug-likeness (QED) is 0.927. The number of benzene rings is 1. The minimum Gasteiger partial charge on any atom is -0.378 e. The fourth-order valence-corrected chi connectivity index (χ4v) is 4.51. The van der Waals surface area contributed by atoms with Crippen molar-refractivity contribution >= 4 is 17.5 Å². The van der Waals surface area contributed by atoms with Gasteiger partial charge in [0.05, 0.1) is 24.5 Å².